The van der Waals surface area contributed by atoms with Gasteiger partial charge in [-0.3, -0.25) is 4.79 Å². The fourth-order valence-corrected chi connectivity index (χ4v) is 4.67. The van der Waals surface area contributed by atoms with Gasteiger partial charge in [0.25, 0.3) is 0 Å². The zero-order valence-electron chi connectivity index (χ0n) is 17.0. The van der Waals surface area contributed by atoms with Crippen LogP contribution >= 0.6 is 0 Å². The lowest BCUT2D eigenvalue weighted by Crippen LogP contribution is -2.62. The molecule has 29 heavy (non-hydrogen) atoms. The Morgan fingerprint density at radius 1 is 1.24 bits per heavy atom. The van der Waals surface area contributed by atoms with Crippen molar-refractivity contribution in [2.24, 2.45) is 5.41 Å². The molecule has 2 fully saturated rings. The van der Waals surface area contributed by atoms with E-state index in [1.807, 2.05) is 18.7 Å². The predicted molar refractivity (Wildman–Crippen MR) is 105 cm³/mol. The SMILES string of the molecule is CCNC(=O)N1CCC[C@@]2(CCCN(Cc3ccc(OC(F)F)cc3)C2=O)[C@H]1C. The first-order chi connectivity index (χ1) is 13.9. The van der Waals surface area contributed by atoms with Crippen LogP contribution in [0.15, 0.2) is 24.3 Å². The molecule has 6 nitrogen and oxygen atoms in total. The standard InChI is InChI=1S/C21H29F2N3O3/c1-3-24-20(28)26-13-5-11-21(15(26)2)10-4-12-25(18(21)27)14-16-6-8-17(9-7-16)29-19(22)23/h6-9,15,19H,3-5,10-14H2,1-2H3,(H,24,28)/t15-,21+/m1/s1. The van der Waals surface area contributed by atoms with Crippen LogP contribution in [-0.2, 0) is 11.3 Å². The molecule has 8 heteroatoms. The lowest BCUT2D eigenvalue weighted by molar-refractivity contribution is -0.154. The van der Waals surface area contributed by atoms with E-state index in [1.165, 1.54) is 12.1 Å². The highest BCUT2D eigenvalue weighted by Crippen LogP contribution is 2.44. The highest BCUT2D eigenvalue weighted by molar-refractivity contribution is 5.86. The number of halogens is 2. The second kappa shape index (κ2) is 8.97. The first-order valence-electron chi connectivity index (χ1n) is 10.2. The number of carbonyl (C=O) groups excluding carboxylic acids is 2. The molecule has 0 unspecified atom stereocenters. The van der Waals surface area contributed by atoms with Crippen LogP contribution < -0.4 is 10.1 Å². The van der Waals surface area contributed by atoms with Crippen molar-refractivity contribution in [2.75, 3.05) is 19.6 Å². The van der Waals surface area contributed by atoms with Gasteiger partial charge < -0.3 is 19.9 Å². The Morgan fingerprint density at radius 2 is 1.90 bits per heavy atom. The number of benzene rings is 1. The van der Waals surface area contributed by atoms with Crippen LogP contribution in [-0.4, -0.2) is 54.0 Å². The highest BCUT2D eigenvalue weighted by atomic mass is 19.3. The predicted octanol–water partition coefficient (Wildman–Crippen LogP) is 3.61. The van der Waals surface area contributed by atoms with E-state index in [2.05, 4.69) is 10.1 Å². The van der Waals surface area contributed by atoms with Crippen molar-refractivity contribution in [2.45, 2.75) is 58.7 Å². The van der Waals surface area contributed by atoms with Crippen LogP contribution in [0.3, 0.4) is 0 Å². The molecule has 0 aliphatic carbocycles. The summed E-state index contributed by atoms with van der Waals surface area (Å²) >= 11 is 0. The molecule has 0 radical (unpaired) electrons. The second-order valence-electron chi connectivity index (χ2n) is 7.82. The average Bonchev–Trinajstić information content (AvgIpc) is 2.68. The number of nitrogens with one attached hydrogen (secondary N) is 1. The molecule has 2 saturated heterocycles. The molecule has 3 amide bonds. The van der Waals surface area contributed by atoms with Gasteiger partial charge in [0.15, 0.2) is 0 Å². The minimum absolute atomic E-state index is 0.0816. The van der Waals surface area contributed by atoms with Crippen LogP contribution in [0.2, 0.25) is 0 Å². The van der Waals surface area contributed by atoms with Crippen molar-refractivity contribution in [1.82, 2.24) is 15.1 Å². The van der Waals surface area contributed by atoms with Crippen molar-refractivity contribution in [3.05, 3.63) is 29.8 Å². The minimum atomic E-state index is -2.86. The number of hydrogen-bond acceptors (Lipinski definition) is 3. The Morgan fingerprint density at radius 3 is 2.52 bits per heavy atom. The number of ether oxygens (including phenoxy) is 1. The number of alkyl halides is 2. The molecule has 2 heterocycles. The van der Waals surface area contributed by atoms with Gasteiger partial charge >= 0.3 is 12.6 Å². The Hall–Kier alpha value is -2.38. The maximum absolute atomic E-state index is 13.5. The smallest absolute Gasteiger partial charge is 0.387 e. The van der Waals surface area contributed by atoms with Crippen molar-refractivity contribution >= 4 is 11.9 Å². The number of amides is 3. The van der Waals surface area contributed by atoms with Crippen LogP contribution in [0.25, 0.3) is 0 Å². The van der Waals surface area contributed by atoms with E-state index in [1.54, 1.807) is 17.0 Å². The number of urea groups is 1. The van der Waals surface area contributed by atoms with Gasteiger partial charge in [0, 0.05) is 32.2 Å². The van der Waals surface area contributed by atoms with Crippen LogP contribution in [0.4, 0.5) is 13.6 Å². The summed E-state index contributed by atoms with van der Waals surface area (Å²) < 4.78 is 29.0. The molecule has 2 aliphatic rings. The third kappa shape index (κ3) is 4.46. The average molecular weight is 409 g/mol. The Bertz CT molecular complexity index is 724. The summed E-state index contributed by atoms with van der Waals surface area (Å²) in [6.07, 6.45) is 3.24. The van der Waals surface area contributed by atoms with Gasteiger partial charge in [-0.25, -0.2) is 4.79 Å². The minimum Gasteiger partial charge on any atom is -0.435 e. The van der Waals surface area contributed by atoms with E-state index in [9.17, 15) is 18.4 Å². The van der Waals surface area contributed by atoms with Crippen LogP contribution in [0.5, 0.6) is 5.75 Å². The summed E-state index contributed by atoms with van der Waals surface area (Å²) in [6, 6.07) is 6.12. The molecule has 1 aromatic carbocycles. The van der Waals surface area contributed by atoms with Gasteiger partial charge in [-0.15, -0.1) is 0 Å². The monoisotopic (exact) mass is 409 g/mol. The van der Waals surface area contributed by atoms with Crippen molar-refractivity contribution in [3.8, 4) is 5.75 Å². The molecule has 1 spiro atoms. The molecule has 1 N–H and O–H groups in total. The Kier molecular flexibility index (Phi) is 6.59. The Labute approximate surface area is 170 Å². The van der Waals surface area contributed by atoms with Crippen molar-refractivity contribution in [3.63, 3.8) is 0 Å². The number of hydrogen-bond donors (Lipinski definition) is 1. The molecular weight excluding hydrogens is 380 g/mol. The van der Waals surface area contributed by atoms with E-state index in [4.69, 9.17) is 0 Å². The molecule has 160 valence electrons. The molecule has 1 aromatic rings. The van der Waals surface area contributed by atoms with Crippen LogP contribution in [0.1, 0.15) is 45.1 Å². The fraction of sp³-hybridized carbons (Fsp3) is 0.619. The third-order valence-electron chi connectivity index (χ3n) is 6.16. The van der Waals surface area contributed by atoms with E-state index >= 15 is 0 Å². The molecule has 0 saturated carbocycles. The largest absolute Gasteiger partial charge is 0.435 e. The maximum Gasteiger partial charge on any atom is 0.387 e. The van der Waals surface area contributed by atoms with E-state index in [0.29, 0.717) is 26.2 Å². The number of piperidine rings is 2. The summed E-state index contributed by atoms with van der Waals surface area (Å²) in [7, 11) is 0. The van der Waals surface area contributed by atoms with Gasteiger partial charge in [-0.1, -0.05) is 12.1 Å². The zero-order valence-corrected chi connectivity index (χ0v) is 17.0. The summed E-state index contributed by atoms with van der Waals surface area (Å²) in [4.78, 5) is 29.6. The summed E-state index contributed by atoms with van der Waals surface area (Å²) in [5.74, 6) is 0.182. The molecular formula is C21H29F2N3O3. The first kappa shape index (κ1) is 21.3. The van der Waals surface area contributed by atoms with Crippen molar-refractivity contribution in [1.29, 1.82) is 0 Å². The van der Waals surface area contributed by atoms with Gasteiger partial charge in [-0.2, -0.15) is 8.78 Å². The lowest BCUT2D eigenvalue weighted by Gasteiger charge is -2.51. The quantitative estimate of drug-likeness (QED) is 0.808. The van der Waals surface area contributed by atoms with Crippen LogP contribution in [0, 0.1) is 5.41 Å². The maximum atomic E-state index is 13.5. The second-order valence-corrected chi connectivity index (χ2v) is 7.82. The van der Waals surface area contributed by atoms with Gasteiger partial charge in [0.05, 0.1) is 5.41 Å². The Balaban J connectivity index is 1.73. The highest BCUT2D eigenvalue weighted by Gasteiger charge is 2.52. The number of likely N-dealkylation sites (tertiary alicyclic amines) is 2. The zero-order chi connectivity index (χ0) is 21.0. The van der Waals surface area contributed by atoms with Crippen molar-refractivity contribution < 1.29 is 23.1 Å². The van der Waals surface area contributed by atoms with E-state index in [0.717, 1.165) is 31.2 Å². The lowest BCUT2D eigenvalue weighted by atomic mass is 9.68. The summed E-state index contributed by atoms with van der Waals surface area (Å²) in [5, 5.41) is 2.85. The number of rotatable bonds is 5. The van der Waals surface area contributed by atoms with E-state index < -0.39 is 12.0 Å². The third-order valence-corrected chi connectivity index (χ3v) is 6.16. The fourth-order valence-electron chi connectivity index (χ4n) is 4.67. The first-order valence-corrected chi connectivity index (χ1v) is 10.2. The molecule has 2 aliphatic heterocycles. The molecule has 0 bridgehead atoms. The van der Waals surface area contributed by atoms with Gasteiger partial charge in [0.2, 0.25) is 5.91 Å². The summed E-state index contributed by atoms with van der Waals surface area (Å²) in [5.41, 5.74) is 0.307. The molecule has 2 atom stereocenters. The number of carbonyl (C=O) groups is 2. The van der Waals surface area contributed by atoms with E-state index in [-0.39, 0.29) is 23.7 Å². The number of nitrogens with zero attached hydrogens (tertiary/aromatic N) is 2. The normalized spacial score (nSPS) is 24.9. The van der Waals surface area contributed by atoms with Gasteiger partial charge in [0.1, 0.15) is 5.75 Å². The van der Waals surface area contributed by atoms with Gasteiger partial charge in [-0.05, 0) is 57.2 Å². The molecule has 3 rings (SSSR count). The summed E-state index contributed by atoms with van der Waals surface area (Å²) in [6.45, 7) is 3.30. The molecule has 0 aromatic heterocycles. The topological polar surface area (TPSA) is 61.9 Å².